The Hall–Kier alpha value is -0.340. The molecule has 1 unspecified atom stereocenters. The topological polar surface area (TPSA) is 72.2 Å². The lowest BCUT2D eigenvalue weighted by atomic mass is 10.3. The number of alkyl halides is 3. The van der Waals surface area contributed by atoms with E-state index in [1.165, 1.54) is 6.92 Å². The SMILES string of the molecule is CC(CN)S(=O)(=O)NCCCC(F)(F)F. The zero-order valence-electron chi connectivity index (χ0n) is 8.34. The Morgan fingerprint density at radius 3 is 2.33 bits per heavy atom. The van der Waals surface area contributed by atoms with Crippen LogP contribution in [0.4, 0.5) is 13.2 Å². The van der Waals surface area contributed by atoms with Gasteiger partial charge in [0.25, 0.3) is 0 Å². The number of sulfonamides is 1. The number of rotatable bonds is 6. The van der Waals surface area contributed by atoms with Crippen molar-refractivity contribution in [3.63, 3.8) is 0 Å². The lowest BCUT2D eigenvalue weighted by Gasteiger charge is -2.12. The average molecular weight is 248 g/mol. The molecular weight excluding hydrogens is 233 g/mol. The molecule has 15 heavy (non-hydrogen) atoms. The Morgan fingerprint density at radius 2 is 1.93 bits per heavy atom. The fourth-order valence-corrected chi connectivity index (χ4v) is 1.74. The lowest BCUT2D eigenvalue weighted by Crippen LogP contribution is -2.37. The van der Waals surface area contributed by atoms with Crippen molar-refractivity contribution >= 4 is 10.0 Å². The van der Waals surface area contributed by atoms with Gasteiger partial charge in [0.05, 0.1) is 5.25 Å². The molecular formula is C7H15F3N2O2S. The lowest BCUT2D eigenvalue weighted by molar-refractivity contribution is -0.135. The van der Waals surface area contributed by atoms with E-state index in [9.17, 15) is 21.6 Å². The van der Waals surface area contributed by atoms with Gasteiger partial charge >= 0.3 is 6.18 Å². The van der Waals surface area contributed by atoms with Crippen molar-refractivity contribution < 1.29 is 21.6 Å². The van der Waals surface area contributed by atoms with E-state index < -0.39 is 27.9 Å². The van der Waals surface area contributed by atoms with E-state index >= 15 is 0 Å². The van der Waals surface area contributed by atoms with Crippen LogP contribution in [-0.4, -0.2) is 32.9 Å². The summed E-state index contributed by atoms with van der Waals surface area (Å²) in [5, 5.41) is -0.789. The van der Waals surface area contributed by atoms with E-state index in [-0.39, 0.29) is 19.5 Å². The third-order valence-corrected chi connectivity index (χ3v) is 3.66. The van der Waals surface area contributed by atoms with Gasteiger partial charge in [0, 0.05) is 19.5 Å². The zero-order valence-corrected chi connectivity index (χ0v) is 9.16. The standard InChI is InChI=1S/C7H15F3N2O2S/c1-6(5-11)15(13,14)12-4-2-3-7(8,9)10/h6,12H,2-5,11H2,1H3. The molecule has 4 nitrogen and oxygen atoms in total. The Kier molecular flexibility index (Phi) is 5.54. The van der Waals surface area contributed by atoms with Crippen LogP contribution in [0.5, 0.6) is 0 Å². The van der Waals surface area contributed by atoms with Crippen molar-refractivity contribution in [3.8, 4) is 0 Å². The second kappa shape index (κ2) is 5.66. The van der Waals surface area contributed by atoms with Crippen LogP contribution in [0.1, 0.15) is 19.8 Å². The van der Waals surface area contributed by atoms with Crippen molar-refractivity contribution in [1.29, 1.82) is 0 Å². The van der Waals surface area contributed by atoms with Gasteiger partial charge in [0.1, 0.15) is 0 Å². The minimum absolute atomic E-state index is 0.0609. The summed E-state index contributed by atoms with van der Waals surface area (Å²) in [5.74, 6) is 0. The molecule has 3 N–H and O–H groups in total. The van der Waals surface area contributed by atoms with Crippen molar-refractivity contribution in [1.82, 2.24) is 4.72 Å². The van der Waals surface area contributed by atoms with Gasteiger partial charge in [-0.05, 0) is 13.3 Å². The van der Waals surface area contributed by atoms with Crippen LogP contribution in [0.3, 0.4) is 0 Å². The maximum atomic E-state index is 11.7. The van der Waals surface area contributed by atoms with E-state index in [1.54, 1.807) is 0 Å². The predicted molar refractivity (Wildman–Crippen MR) is 50.7 cm³/mol. The van der Waals surface area contributed by atoms with E-state index in [1.807, 2.05) is 0 Å². The highest BCUT2D eigenvalue weighted by molar-refractivity contribution is 7.90. The van der Waals surface area contributed by atoms with Gasteiger partial charge in [-0.3, -0.25) is 0 Å². The molecule has 0 fully saturated rings. The molecule has 0 radical (unpaired) electrons. The fraction of sp³-hybridized carbons (Fsp3) is 1.00. The molecule has 0 heterocycles. The van der Waals surface area contributed by atoms with Crippen LogP contribution in [0.15, 0.2) is 0 Å². The third-order valence-electron chi connectivity index (χ3n) is 1.80. The minimum Gasteiger partial charge on any atom is -0.329 e. The van der Waals surface area contributed by atoms with E-state index in [0.29, 0.717) is 0 Å². The van der Waals surface area contributed by atoms with Gasteiger partial charge in [-0.1, -0.05) is 0 Å². The number of halogens is 3. The molecule has 0 aliphatic carbocycles. The Bertz CT molecular complexity index is 276. The molecule has 0 aromatic rings. The number of nitrogens with two attached hydrogens (primary N) is 1. The zero-order chi connectivity index (χ0) is 12.1. The Balaban J connectivity index is 3.87. The summed E-state index contributed by atoms with van der Waals surface area (Å²) in [5.41, 5.74) is 5.13. The van der Waals surface area contributed by atoms with Crippen molar-refractivity contribution in [2.75, 3.05) is 13.1 Å². The smallest absolute Gasteiger partial charge is 0.329 e. The molecule has 0 saturated carbocycles. The summed E-state index contributed by atoms with van der Waals surface area (Å²) in [6.07, 6.45) is -5.50. The molecule has 0 aromatic carbocycles. The van der Waals surface area contributed by atoms with Crippen molar-refractivity contribution in [2.24, 2.45) is 5.73 Å². The molecule has 92 valence electrons. The summed E-state index contributed by atoms with van der Waals surface area (Å²) in [6.45, 7) is 1.12. The molecule has 0 saturated heterocycles. The second-order valence-electron chi connectivity index (χ2n) is 3.20. The number of nitrogens with one attached hydrogen (secondary N) is 1. The summed E-state index contributed by atoms with van der Waals surface area (Å²) in [7, 11) is -3.57. The van der Waals surface area contributed by atoms with Crippen LogP contribution in [0.25, 0.3) is 0 Å². The Morgan fingerprint density at radius 1 is 1.40 bits per heavy atom. The molecule has 0 amide bonds. The highest BCUT2D eigenvalue weighted by Crippen LogP contribution is 2.20. The van der Waals surface area contributed by atoms with E-state index in [2.05, 4.69) is 4.72 Å². The summed E-state index contributed by atoms with van der Waals surface area (Å²) in [6, 6.07) is 0. The molecule has 8 heteroatoms. The van der Waals surface area contributed by atoms with Gasteiger partial charge in [-0.2, -0.15) is 13.2 Å². The van der Waals surface area contributed by atoms with Crippen LogP contribution in [0.2, 0.25) is 0 Å². The van der Waals surface area contributed by atoms with Gasteiger partial charge in [-0.25, -0.2) is 13.1 Å². The summed E-state index contributed by atoms with van der Waals surface area (Å²) < 4.78 is 59.6. The monoisotopic (exact) mass is 248 g/mol. The minimum atomic E-state index is -4.25. The summed E-state index contributed by atoms with van der Waals surface area (Å²) >= 11 is 0. The molecule has 0 rings (SSSR count). The summed E-state index contributed by atoms with van der Waals surface area (Å²) in [4.78, 5) is 0. The molecule has 1 atom stereocenters. The highest BCUT2D eigenvalue weighted by atomic mass is 32.2. The first kappa shape index (κ1) is 14.7. The normalized spacial score (nSPS) is 15.3. The van der Waals surface area contributed by atoms with Gasteiger partial charge in [0.2, 0.25) is 10.0 Å². The van der Waals surface area contributed by atoms with Crippen LogP contribution >= 0.6 is 0 Å². The number of hydrogen-bond acceptors (Lipinski definition) is 3. The molecule has 0 aliphatic heterocycles. The van der Waals surface area contributed by atoms with Crippen molar-refractivity contribution in [2.45, 2.75) is 31.2 Å². The second-order valence-corrected chi connectivity index (χ2v) is 5.39. The highest BCUT2D eigenvalue weighted by Gasteiger charge is 2.26. The van der Waals surface area contributed by atoms with Crippen LogP contribution in [-0.2, 0) is 10.0 Å². The maximum Gasteiger partial charge on any atom is 0.389 e. The first-order valence-corrected chi connectivity index (χ1v) is 5.99. The van der Waals surface area contributed by atoms with Gasteiger partial charge < -0.3 is 5.73 Å². The largest absolute Gasteiger partial charge is 0.389 e. The molecule has 0 aliphatic rings. The van der Waals surface area contributed by atoms with Crippen molar-refractivity contribution in [3.05, 3.63) is 0 Å². The predicted octanol–water partition coefficient (Wildman–Crippen LogP) is 0.596. The molecule has 0 bridgehead atoms. The van der Waals surface area contributed by atoms with Crippen LogP contribution in [0, 0.1) is 0 Å². The quantitative estimate of drug-likeness (QED) is 0.676. The average Bonchev–Trinajstić information content (AvgIpc) is 2.09. The van der Waals surface area contributed by atoms with Crippen LogP contribution < -0.4 is 10.5 Å². The first-order valence-electron chi connectivity index (χ1n) is 4.44. The van der Waals surface area contributed by atoms with E-state index in [4.69, 9.17) is 5.73 Å². The van der Waals surface area contributed by atoms with Gasteiger partial charge in [0.15, 0.2) is 0 Å². The molecule has 0 spiro atoms. The van der Waals surface area contributed by atoms with Gasteiger partial charge in [-0.15, -0.1) is 0 Å². The third kappa shape index (κ3) is 6.69. The molecule has 0 aromatic heterocycles. The number of hydrogen-bond donors (Lipinski definition) is 2. The first-order chi connectivity index (χ1) is 6.69. The van der Waals surface area contributed by atoms with E-state index in [0.717, 1.165) is 0 Å². The Labute approximate surface area is 87.1 Å². The maximum absolute atomic E-state index is 11.7. The fourth-order valence-electron chi connectivity index (χ4n) is 0.772.